The van der Waals surface area contributed by atoms with E-state index >= 15 is 0 Å². The number of carboxylic acid groups (broad SMARTS) is 1. The number of carboxylic acids is 1. The molecule has 0 amide bonds. The molecule has 0 atom stereocenters. The monoisotopic (exact) mass is 271 g/mol. The highest BCUT2D eigenvalue weighted by Gasteiger charge is 2.23. The second-order valence-corrected chi connectivity index (χ2v) is 5.71. The zero-order chi connectivity index (χ0) is 13.8. The number of hydrogen-bond acceptors (Lipinski definition) is 3. The van der Waals surface area contributed by atoms with Crippen LogP contribution in [0, 0.1) is 6.92 Å². The van der Waals surface area contributed by atoms with Crippen LogP contribution in [-0.2, 0) is 10.0 Å². The minimum Gasteiger partial charge on any atom is -0.478 e. The molecular weight excluding hydrogens is 254 g/mol. The SMILES string of the molecule is CCCCNS(=O)(=O)c1c(C)cccc1C(=O)O. The van der Waals surface area contributed by atoms with E-state index in [-0.39, 0.29) is 10.5 Å². The Hall–Kier alpha value is -1.40. The topological polar surface area (TPSA) is 83.5 Å². The van der Waals surface area contributed by atoms with Crippen LogP contribution < -0.4 is 4.72 Å². The molecule has 0 saturated heterocycles. The van der Waals surface area contributed by atoms with Crippen molar-refractivity contribution in [2.24, 2.45) is 0 Å². The lowest BCUT2D eigenvalue weighted by Crippen LogP contribution is -2.27. The largest absolute Gasteiger partial charge is 0.478 e. The Bertz CT molecular complexity index is 537. The van der Waals surface area contributed by atoms with E-state index in [0.29, 0.717) is 18.5 Å². The summed E-state index contributed by atoms with van der Waals surface area (Å²) in [5, 5.41) is 9.03. The second-order valence-electron chi connectivity index (χ2n) is 4.01. The fourth-order valence-corrected chi connectivity index (χ4v) is 3.13. The normalized spacial score (nSPS) is 11.4. The van der Waals surface area contributed by atoms with E-state index in [1.54, 1.807) is 13.0 Å². The number of aryl methyl sites for hydroxylation is 1. The van der Waals surface area contributed by atoms with Gasteiger partial charge >= 0.3 is 5.97 Å². The Balaban J connectivity index is 3.19. The van der Waals surface area contributed by atoms with Crippen LogP contribution in [0.1, 0.15) is 35.7 Å². The summed E-state index contributed by atoms with van der Waals surface area (Å²) in [6, 6.07) is 4.41. The molecule has 0 unspecified atom stereocenters. The van der Waals surface area contributed by atoms with Crippen molar-refractivity contribution in [3.8, 4) is 0 Å². The van der Waals surface area contributed by atoms with Crippen LogP contribution in [0.5, 0.6) is 0 Å². The lowest BCUT2D eigenvalue weighted by molar-refractivity contribution is 0.0692. The van der Waals surface area contributed by atoms with Gasteiger partial charge in [0.25, 0.3) is 0 Å². The lowest BCUT2D eigenvalue weighted by Gasteiger charge is -2.11. The number of sulfonamides is 1. The molecule has 6 heteroatoms. The van der Waals surface area contributed by atoms with Gasteiger partial charge in [-0.1, -0.05) is 25.5 Å². The predicted molar refractivity (Wildman–Crippen MR) is 68.2 cm³/mol. The minimum absolute atomic E-state index is 0.145. The van der Waals surface area contributed by atoms with Gasteiger partial charge in [0.1, 0.15) is 0 Å². The molecule has 18 heavy (non-hydrogen) atoms. The summed E-state index contributed by atoms with van der Waals surface area (Å²) in [4.78, 5) is 10.9. The van der Waals surface area contributed by atoms with E-state index in [4.69, 9.17) is 5.11 Å². The number of nitrogens with one attached hydrogen (secondary N) is 1. The van der Waals surface area contributed by atoms with Crippen LogP contribution in [0.3, 0.4) is 0 Å². The molecule has 5 nitrogen and oxygen atoms in total. The molecule has 0 aromatic heterocycles. The van der Waals surface area contributed by atoms with Crippen molar-refractivity contribution in [3.63, 3.8) is 0 Å². The van der Waals surface area contributed by atoms with E-state index in [1.165, 1.54) is 12.1 Å². The standard InChI is InChI=1S/C12H17NO4S/c1-3-4-8-13-18(16,17)11-9(2)6-5-7-10(11)12(14)15/h5-7,13H,3-4,8H2,1-2H3,(H,14,15). The van der Waals surface area contributed by atoms with Gasteiger partial charge in [0.15, 0.2) is 0 Å². The highest BCUT2D eigenvalue weighted by Crippen LogP contribution is 2.20. The van der Waals surface area contributed by atoms with Crippen LogP contribution in [0.25, 0.3) is 0 Å². The molecule has 0 heterocycles. The van der Waals surface area contributed by atoms with Gasteiger partial charge < -0.3 is 5.11 Å². The van der Waals surface area contributed by atoms with E-state index in [1.807, 2.05) is 6.92 Å². The number of aromatic carboxylic acids is 1. The van der Waals surface area contributed by atoms with E-state index < -0.39 is 16.0 Å². The Morgan fingerprint density at radius 3 is 2.61 bits per heavy atom. The Morgan fingerprint density at radius 1 is 1.39 bits per heavy atom. The summed E-state index contributed by atoms with van der Waals surface area (Å²) in [7, 11) is -3.77. The third kappa shape index (κ3) is 3.30. The van der Waals surface area contributed by atoms with Crippen LogP contribution in [0.15, 0.2) is 23.1 Å². The van der Waals surface area contributed by atoms with Gasteiger partial charge in [-0.2, -0.15) is 0 Å². The predicted octanol–water partition coefficient (Wildman–Crippen LogP) is 1.77. The summed E-state index contributed by atoms with van der Waals surface area (Å²) in [6.07, 6.45) is 1.58. The molecule has 0 radical (unpaired) electrons. The van der Waals surface area contributed by atoms with Gasteiger partial charge in [-0.25, -0.2) is 17.9 Å². The summed E-state index contributed by atoms with van der Waals surface area (Å²) in [5.41, 5.74) is 0.234. The highest BCUT2D eigenvalue weighted by atomic mass is 32.2. The van der Waals surface area contributed by atoms with Gasteiger partial charge in [-0.3, -0.25) is 0 Å². The molecule has 0 aliphatic heterocycles. The molecule has 0 aliphatic rings. The first-order valence-corrected chi connectivity index (χ1v) is 7.21. The van der Waals surface area contributed by atoms with Gasteiger partial charge in [-0.15, -0.1) is 0 Å². The van der Waals surface area contributed by atoms with Crippen molar-refractivity contribution in [1.29, 1.82) is 0 Å². The lowest BCUT2D eigenvalue weighted by atomic mass is 10.1. The third-order valence-corrected chi connectivity index (χ3v) is 4.20. The molecule has 100 valence electrons. The average Bonchev–Trinajstić information content (AvgIpc) is 2.28. The van der Waals surface area contributed by atoms with Crippen molar-refractivity contribution in [2.75, 3.05) is 6.54 Å². The smallest absolute Gasteiger partial charge is 0.337 e. The van der Waals surface area contributed by atoms with Crippen LogP contribution in [0.4, 0.5) is 0 Å². The molecule has 1 rings (SSSR count). The molecule has 1 aromatic carbocycles. The molecule has 0 saturated carbocycles. The molecular formula is C12H17NO4S. The maximum atomic E-state index is 12.1. The van der Waals surface area contributed by atoms with Crippen LogP contribution in [0.2, 0.25) is 0 Å². The summed E-state index contributed by atoms with van der Waals surface area (Å²) in [5.74, 6) is -1.24. The molecule has 0 aliphatic carbocycles. The third-order valence-electron chi connectivity index (χ3n) is 2.53. The molecule has 2 N–H and O–H groups in total. The van der Waals surface area contributed by atoms with Crippen molar-refractivity contribution in [1.82, 2.24) is 4.72 Å². The van der Waals surface area contributed by atoms with E-state index in [9.17, 15) is 13.2 Å². The van der Waals surface area contributed by atoms with E-state index in [0.717, 1.165) is 6.42 Å². The zero-order valence-corrected chi connectivity index (χ0v) is 11.3. The quantitative estimate of drug-likeness (QED) is 0.772. The Labute approximate surface area is 107 Å². The first-order valence-electron chi connectivity index (χ1n) is 5.72. The van der Waals surface area contributed by atoms with Crippen LogP contribution >= 0.6 is 0 Å². The summed E-state index contributed by atoms with van der Waals surface area (Å²) >= 11 is 0. The second kappa shape index (κ2) is 5.97. The fourth-order valence-electron chi connectivity index (χ4n) is 1.63. The maximum Gasteiger partial charge on any atom is 0.337 e. The number of rotatable bonds is 6. The number of hydrogen-bond donors (Lipinski definition) is 2. The van der Waals surface area contributed by atoms with Gasteiger partial charge in [0.2, 0.25) is 10.0 Å². The summed E-state index contributed by atoms with van der Waals surface area (Å²) in [6.45, 7) is 3.85. The summed E-state index contributed by atoms with van der Waals surface area (Å²) < 4.78 is 26.6. The minimum atomic E-state index is -3.77. The van der Waals surface area contributed by atoms with Gasteiger partial charge in [0.05, 0.1) is 10.5 Å². The average molecular weight is 271 g/mol. The first kappa shape index (κ1) is 14.7. The molecule has 0 fully saturated rings. The molecule has 0 bridgehead atoms. The van der Waals surface area contributed by atoms with Crippen molar-refractivity contribution in [3.05, 3.63) is 29.3 Å². The molecule has 0 spiro atoms. The Kier molecular flexibility index (Phi) is 4.86. The molecule has 1 aromatic rings. The van der Waals surface area contributed by atoms with Gasteiger partial charge in [0, 0.05) is 6.54 Å². The van der Waals surface area contributed by atoms with Crippen molar-refractivity contribution < 1.29 is 18.3 Å². The fraction of sp³-hybridized carbons (Fsp3) is 0.417. The number of benzene rings is 1. The zero-order valence-electron chi connectivity index (χ0n) is 10.4. The number of carbonyl (C=O) groups is 1. The van der Waals surface area contributed by atoms with E-state index in [2.05, 4.69) is 4.72 Å². The number of unbranched alkanes of at least 4 members (excludes halogenated alkanes) is 1. The first-order chi connectivity index (χ1) is 8.40. The van der Waals surface area contributed by atoms with Crippen molar-refractivity contribution in [2.45, 2.75) is 31.6 Å². The van der Waals surface area contributed by atoms with Crippen molar-refractivity contribution >= 4 is 16.0 Å². The van der Waals surface area contributed by atoms with Gasteiger partial charge in [-0.05, 0) is 25.0 Å². The Morgan fingerprint density at radius 2 is 2.06 bits per heavy atom. The van der Waals surface area contributed by atoms with Crippen LogP contribution in [-0.4, -0.2) is 26.0 Å². The maximum absolute atomic E-state index is 12.1. The highest BCUT2D eigenvalue weighted by molar-refractivity contribution is 7.89.